The Kier molecular flexibility index (Phi) is 6.37. The van der Waals surface area contributed by atoms with E-state index in [0.717, 1.165) is 35.6 Å². The molecule has 146 valence electrons. The van der Waals surface area contributed by atoms with E-state index in [1.807, 2.05) is 63.4 Å². The molecule has 3 aromatic rings. The van der Waals surface area contributed by atoms with E-state index in [1.54, 1.807) is 10.9 Å². The van der Waals surface area contributed by atoms with Crippen LogP contribution in [0, 0.1) is 5.92 Å². The van der Waals surface area contributed by atoms with Crippen LogP contribution in [0.5, 0.6) is 0 Å². The molecule has 2 amide bonds. The molecule has 0 radical (unpaired) electrons. The normalized spacial score (nSPS) is 12.0. The highest BCUT2D eigenvalue weighted by atomic mass is 16.2. The molecule has 1 aromatic carbocycles. The highest BCUT2D eigenvalue weighted by molar-refractivity contribution is 5.90. The van der Waals surface area contributed by atoms with Gasteiger partial charge in [-0.2, -0.15) is 5.10 Å². The number of carbonyl (C=O) groups excluding carboxylic acids is 1. The Balaban J connectivity index is 1.67. The molecular weight excluding hydrogens is 352 g/mol. The fraction of sp³-hybridized carbons (Fsp3) is 0.333. The number of rotatable bonds is 7. The SMILES string of the molecule is CC(C)C(NC(=O)Nc1ccccc1CCc1ccccn1)c1ncnn1C. The molecule has 0 saturated carbocycles. The first-order chi connectivity index (χ1) is 13.5. The summed E-state index contributed by atoms with van der Waals surface area (Å²) in [6, 6.07) is 13.3. The maximum atomic E-state index is 12.7. The zero-order valence-electron chi connectivity index (χ0n) is 16.5. The lowest BCUT2D eigenvalue weighted by Crippen LogP contribution is -2.36. The van der Waals surface area contributed by atoms with Gasteiger partial charge < -0.3 is 10.6 Å². The molecule has 0 bridgehead atoms. The Morgan fingerprint density at radius 1 is 1.07 bits per heavy atom. The number of urea groups is 1. The van der Waals surface area contributed by atoms with Crippen LogP contribution in [0.3, 0.4) is 0 Å². The number of amides is 2. The van der Waals surface area contributed by atoms with Crippen LogP contribution in [0.4, 0.5) is 10.5 Å². The van der Waals surface area contributed by atoms with Crippen molar-refractivity contribution in [1.82, 2.24) is 25.1 Å². The van der Waals surface area contributed by atoms with E-state index in [0.29, 0.717) is 0 Å². The fourth-order valence-electron chi connectivity index (χ4n) is 3.08. The van der Waals surface area contributed by atoms with Gasteiger partial charge in [0, 0.05) is 24.6 Å². The Morgan fingerprint density at radius 2 is 1.86 bits per heavy atom. The number of para-hydroxylation sites is 1. The van der Waals surface area contributed by atoms with Crippen LogP contribution in [-0.2, 0) is 19.9 Å². The molecule has 3 rings (SSSR count). The number of aromatic nitrogens is 4. The molecule has 0 aliphatic rings. The fourth-order valence-corrected chi connectivity index (χ4v) is 3.08. The molecule has 7 nitrogen and oxygen atoms in total. The predicted octanol–water partition coefficient (Wildman–Crippen LogP) is 3.51. The number of nitrogens with one attached hydrogen (secondary N) is 2. The lowest BCUT2D eigenvalue weighted by atomic mass is 10.0. The Hall–Kier alpha value is -3.22. The molecular formula is C21H26N6O. The van der Waals surface area contributed by atoms with E-state index >= 15 is 0 Å². The molecule has 1 atom stereocenters. The molecule has 2 aromatic heterocycles. The Morgan fingerprint density at radius 3 is 2.54 bits per heavy atom. The minimum absolute atomic E-state index is 0.174. The van der Waals surface area contributed by atoms with Crippen molar-refractivity contribution >= 4 is 11.7 Å². The summed E-state index contributed by atoms with van der Waals surface area (Å²) in [5.41, 5.74) is 2.91. The first kappa shape index (κ1) is 19.5. The van der Waals surface area contributed by atoms with Gasteiger partial charge in [-0.1, -0.05) is 38.1 Å². The number of carbonyl (C=O) groups is 1. The van der Waals surface area contributed by atoms with Crippen molar-refractivity contribution in [2.45, 2.75) is 32.7 Å². The molecule has 0 aliphatic heterocycles. The molecule has 2 N–H and O–H groups in total. The average molecular weight is 378 g/mol. The summed E-state index contributed by atoms with van der Waals surface area (Å²) >= 11 is 0. The number of aryl methyl sites for hydroxylation is 3. The van der Waals surface area contributed by atoms with Crippen LogP contribution >= 0.6 is 0 Å². The van der Waals surface area contributed by atoms with Gasteiger partial charge in [-0.15, -0.1) is 0 Å². The van der Waals surface area contributed by atoms with Crippen LogP contribution in [0.2, 0.25) is 0 Å². The number of anilines is 1. The van der Waals surface area contributed by atoms with Crippen molar-refractivity contribution in [2.75, 3.05) is 5.32 Å². The molecule has 0 spiro atoms. The lowest BCUT2D eigenvalue weighted by Gasteiger charge is -2.22. The Labute approximate surface area is 165 Å². The van der Waals surface area contributed by atoms with Gasteiger partial charge in [0.1, 0.15) is 12.2 Å². The summed E-state index contributed by atoms with van der Waals surface area (Å²) in [5, 5.41) is 10.1. The van der Waals surface area contributed by atoms with E-state index in [1.165, 1.54) is 6.33 Å². The van der Waals surface area contributed by atoms with Gasteiger partial charge in [0.2, 0.25) is 0 Å². The maximum Gasteiger partial charge on any atom is 0.319 e. The largest absolute Gasteiger partial charge is 0.328 e. The molecule has 1 unspecified atom stereocenters. The van der Waals surface area contributed by atoms with Gasteiger partial charge in [-0.05, 0) is 42.5 Å². The second-order valence-electron chi connectivity index (χ2n) is 7.04. The summed E-state index contributed by atoms with van der Waals surface area (Å²) in [4.78, 5) is 21.3. The van der Waals surface area contributed by atoms with E-state index in [-0.39, 0.29) is 18.0 Å². The number of nitrogens with zero attached hydrogens (tertiary/aromatic N) is 4. The highest BCUT2D eigenvalue weighted by Crippen LogP contribution is 2.21. The van der Waals surface area contributed by atoms with Crippen LogP contribution < -0.4 is 10.6 Å². The summed E-state index contributed by atoms with van der Waals surface area (Å²) in [5.74, 6) is 0.904. The first-order valence-corrected chi connectivity index (χ1v) is 9.44. The van der Waals surface area contributed by atoms with Gasteiger partial charge in [0.15, 0.2) is 0 Å². The third-order valence-electron chi connectivity index (χ3n) is 4.62. The van der Waals surface area contributed by atoms with Gasteiger partial charge in [-0.3, -0.25) is 9.67 Å². The third-order valence-corrected chi connectivity index (χ3v) is 4.62. The van der Waals surface area contributed by atoms with Crippen molar-refractivity contribution in [1.29, 1.82) is 0 Å². The number of hydrogen-bond donors (Lipinski definition) is 2. The summed E-state index contributed by atoms with van der Waals surface area (Å²) < 4.78 is 1.69. The van der Waals surface area contributed by atoms with E-state index in [2.05, 4.69) is 25.7 Å². The zero-order chi connectivity index (χ0) is 19.9. The Bertz CT molecular complexity index is 906. The summed E-state index contributed by atoms with van der Waals surface area (Å²) in [7, 11) is 1.82. The van der Waals surface area contributed by atoms with Crippen molar-refractivity contribution < 1.29 is 4.79 Å². The van der Waals surface area contributed by atoms with Gasteiger partial charge in [0.25, 0.3) is 0 Å². The summed E-state index contributed by atoms with van der Waals surface area (Å²) in [6.45, 7) is 4.08. The standard InChI is InChI=1S/C21H26N6O/c1-15(2)19(20-23-14-24-27(20)3)26-21(28)25-18-10-5-4-8-16(18)11-12-17-9-6-7-13-22-17/h4-10,13-15,19H,11-12H2,1-3H3,(H2,25,26,28). The van der Waals surface area contributed by atoms with E-state index in [9.17, 15) is 4.79 Å². The van der Waals surface area contributed by atoms with Crippen molar-refractivity contribution in [3.8, 4) is 0 Å². The van der Waals surface area contributed by atoms with Crippen molar-refractivity contribution in [3.63, 3.8) is 0 Å². The quantitative estimate of drug-likeness (QED) is 0.659. The smallest absolute Gasteiger partial charge is 0.319 e. The second-order valence-corrected chi connectivity index (χ2v) is 7.04. The second kappa shape index (κ2) is 9.12. The average Bonchev–Trinajstić information content (AvgIpc) is 3.11. The topological polar surface area (TPSA) is 84.7 Å². The molecule has 0 fully saturated rings. The minimum atomic E-state index is -0.257. The molecule has 2 heterocycles. The lowest BCUT2D eigenvalue weighted by molar-refractivity contribution is 0.243. The maximum absolute atomic E-state index is 12.7. The molecule has 0 saturated heterocycles. The monoisotopic (exact) mass is 378 g/mol. The van der Waals surface area contributed by atoms with Crippen molar-refractivity contribution in [3.05, 3.63) is 72.1 Å². The minimum Gasteiger partial charge on any atom is -0.328 e. The van der Waals surface area contributed by atoms with Gasteiger partial charge in [-0.25, -0.2) is 9.78 Å². The molecule has 28 heavy (non-hydrogen) atoms. The van der Waals surface area contributed by atoms with Crippen LogP contribution in [0.25, 0.3) is 0 Å². The van der Waals surface area contributed by atoms with Gasteiger partial charge >= 0.3 is 6.03 Å². The predicted molar refractivity (Wildman–Crippen MR) is 109 cm³/mol. The number of pyridine rings is 1. The van der Waals surface area contributed by atoms with Gasteiger partial charge in [0.05, 0.1) is 6.04 Å². The highest BCUT2D eigenvalue weighted by Gasteiger charge is 2.22. The number of hydrogen-bond acceptors (Lipinski definition) is 4. The zero-order valence-corrected chi connectivity index (χ0v) is 16.5. The summed E-state index contributed by atoms with van der Waals surface area (Å²) in [6.07, 6.45) is 4.90. The molecule has 0 aliphatic carbocycles. The first-order valence-electron chi connectivity index (χ1n) is 9.44. The van der Waals surface area contributed by atoms with Crippen LogP contribution in [0.15, 0.2) is 55.0 Å². The van der Waals surface area contributed by atoms with Crippen molar-refractivity contribution in [2.24, 2.45) is 13.0 Å². The third kappa shape index (κ3) is 4.94. The number of benzene rings is 1. The molecule has 7 heteroatoms. The van der Waals surface area contributed by atoms with Crippen LogP contribution in [-0.4, -0.2) is 25.8 Å². The van der Waals surface area contributed by atoms with Crippen LogP contribution in [0.1, 0.15) is 37.0 Å². The van der Waals surface area contributed by atoms with E-state index in [4.69, 9.17) is 0 Å². The van der Waals surface area contributed by atoms with E-state index < -0.39 is 0 Å².